The highest BCUT2D eigenvalue weighted by Crippen LogP contribution is 2.33. The van der Waals surface area contributed by atoms with Gasteiger partial charge in [0.05, 0.1) is 0 Å². The number of hydrogen-bond acceptors (Lipinski definition) is 2. The van der Waals surface area contributed by atoms with Gasteiger partial charge in [-0.1, -0.05) is 41.2 Å². The van der Waals surface area contributed by atoms with Gasteiger partial charge in [-0.3, -0.25) is 4.90 Å². The van der Waals surface area contributed by atoms with Crippen LogP contribution in [-0.4, -0.2) is 37.1 Å². The van der Waals surface area contributed by atoms with E-state index < -0.39 is 0 Å². The lowest BCUT2D eigenvalue weighted by molar-refractivity contribution is 0.234. The number of hydrogen-bond donors (Lipinski definition) is 1. The monoisotopic (exact) mass is 238 g/mol. The molecular weight excluding hydrogens is 208 g/mol. The summed E-state index contributed by atoms with van der Waals surface area (Å²) in [6.07, 6.45) is 1.34. The summed E-state index contributed by atoms with van der Waals surface area (Å²) in [5, 5.41) is 3.43. The summed E-state index contributed by atoms with van der Waals surface area (Å²) in [6.45, 7) is 20.1. The summed E-state index contributed by atoms with van der Waals surface area (Å²) in [6, 6.07) is 0.549. The third-order valence-electron chi connectivity index (χ3n) is 3.70. The number of nitrogens with zero attached hydrogens (tertiary/aromatic N) is 1. The molecule has 1 unspecified atom stereocenters. The highest BCUT2D eigenvalue weighted by Gasteiger charge is 2.31. The van der Waals surface area contributed by atoms with Gasteiger partial charge in [-0.2, -0.15) is 0 Å². The van der Waals surface area contributed by atoms with E-state index in [1.54, 1.807) is 0 Å². The van der Waals surface area contributed by atoms with Gasteiger partial charge >= 0.3 is 0 Å². The lowest BCUT2D eigenvalue weighted by atomic mass is 9.80. The molecule has 0 saturated carbocycles. The molecule has 0 aromatic heterocycles. The van der Waals surface area contributed by atoms with Crippen LogP contribution in [0.3, 0.4) is 0 Å². The molecular formula is C15H30N2. The van der Waals surface area contributed by atoms with Crippen molar-refractivity contribution in [2.45, 2.75) is 47.1 Å². The van der Waals surface area contributed by atoms with E-state index in [1.165, 1.54) is 25.1 Å². The topological polar surface area (TPSA) is 15.3 Å². The van der Waals surface area contributed by atoms with Crippen molar-refractivity contribution in [2.24, 2.45) is 11.3 Å². The van der Waals surface area contributed by atoms with Crippen molar-refractivity contribution < 1.29 is 0 Å². The lowest BCUT2D eigenvalue weighted by Gasteiger charge is -2.27. The molecule has 0 aromatic carbocycles. The molecule has 1 heterocycles. The van der Waals surface area contributed by atoms with Gasteiger partial charge in [-0.25, -0.2) is 0 Å². The number of nitrogens with one attached hydrogen (secondary N) is 1. The van der Waals surface area contributed by atoms with Gasteiger partial charge in [0, 0.05) is 25.7 Å². The smallest absolute Gasteiger partial charge is 0.0202 e. The summed E-state index contributed by atoms with van der Waals surface area (Å²) in [5.74, 6) is 0.841. The quantitative estimate of drug-likeness (QED) is 0.741. The van der Waals surface area contributed by atoms with E-state index in [2.05, 4.69) is 51.4 Å². The van der Waals surface area contributed by atoms with Crippen LogP contribution in [0.25, 0.3) is 0 Å². The Morgan fingerprint density at radius 1 is 1.41 bits per heavy atom. The van der Waals surface area contributed by atoms with E-state index in [1.807, 2.05) is 0 Å². The van der Waals surface area contributed by atoms with Crippen LogP contribution in [0.2, 0.25) is 0 Å². The molecule has 2 heteroatoms. The van der Waals surface area contributed by atoms with Crippen LogP contribution in [0.15, 0.2) is 12.2 Å². The van der Waals surface area contributed by atoms with E-state index >= 15 is 0 Å². The van der Waals surface area contributed by atoms with Crippen molar-refractivity contribution in [2.75, 3.05) is 26.2 Å². The molecule has 1 fully saturated rings. The molecule has 0 amide bonds. The normalized spacial score (nSPS) is 22.4. The summed E-state index contributed by atoms with van der Waals surface area (Å²) in [4.78, 5) is 2.56. The molecule has 17 heavy (non-hydrogen) atoms. The highest BCUT2D eigenvalue weighted by molar-refractivity contribution is 5.01. The molecule has 100 valence electrons. The largest absolute Gasteiger partial charge is 0.311 e. The zero-order valence-electron chi connectivity index (χ0n) is 12.3. The Morgan fingerprint density at radius 2 is 2.06 bits per heavy atom. The van der Waals surface area contributed by atoms with Gasteiger partial charge in [0.25, 0.3) is 0 Å². The second kappa shape index (κ2) is 6.01. The molecule has 1 aliphatic heterocycles. The van der Waals surface area contributed by atoms with Crippen molar-refractivity contribution in [3.8, 4) is 0 Å². The lowest BCUT2D eigenvalue weighted by Crippen LogP contribution is -2.31. The number of likely N-dealkylation sites (tertiary alicyclic amines) is 1. The van der Waals surface area contributed by atoms with Crippen LogP contribution < -0.4 is 5.32 Å². The van der Waals surface area contributed by atoms with Gasteiger partial charge < -0.3 is 5.32 Å². The van der Waals surface area contributed by atoms with Crippen LogP contribution >= 0.6 is 0 Å². The predicted molar refractivity (Wildman–Crippen MR) is 76.3 cm³/mol. The maximum atomic E-state index is 4.17. The predicted octanol–water partition coefficient (Wildman–Crippen LogP) is 2.91. The average Bonchev–Trinajstić information content (AvgIpc) is 2.62. The standard InChI is InChI=1S/C15H30N2/c1-12(2)16-9-13(3)10-17-8-7-14(11-17)15(4,5)6/h12,14,16H,3,7-11H2,1-2,4-6H3. The van der Waals surface area contributed by atoms with Gasteiger partial charge in [-0.05, 0) is 29.9 Å². The zero-order chi connectivity index (χ0) is 13.1. The van der Waals surface area contributed by atoms with Crippen LogP contribution in [-0.2, 0) is 0 Å². The molecule has 1 N–H and O–H groups in total. The Hall–Kier alpha value is -0.340. The zero-order valence-corrected chi connectivity index (χ0v) is 12.3. The maximum Gasteiger partial charge on any atom is 0.0202 e. The molecule has 1 saturated heterocycles. The van der Waals surface area contributed by atoms with E-state index in [9.17, 15) is 0 Å². The Balaban J connectivity index is 2.28. The van der Waals surface area contributed by atoms with Gasteiger partial charge in [-0.15, -0.1) is 0 Å². The van der Waals surface area contributed by atoms with Gasteiger partial charge in [0.1, 0.15) is 0 Å². The molecule has 1 aliphatic rings. The second-order valence-corrected chi connectivity index (χ2v) is 6.87. The summed E-state index contributed by atoms with van der Waals surface area (Å²) in [5.41, 5.74) is 1.76. The van der Waals surface area contributed by atoms with Crippen LogP contribution in [0.5, 0.6) is 0 Å². The van der Waals surface area contributed by atoms with E-state index in [0.717, 1.165) is 19.0 Å². The van der Waals surface area contributed by atoms with Crippen molar-refractivity contribution in [3.05, 3.63) is 12.2 Å². The van der Waals surface area contributed by atoms with Crippen LogP contribution in [0, 0.1) is 11.3 Å². The first-order chi connectivity index (χ1) is 7.79. The van der Waals surface area contributed by atoms with Crippen molar-refractivity contribution >= 4 is 0 Å². The Bertz CT molecular complexity index is 250. The Labute approximate surface area is 107 Å². The molecule has 0 aromatic rings. The van der Waals surface area contributed by atoms with Crippen molar-refractivity contribution in [3.63, 3.8) is 0 Å². The molecule has 0 spiro atoms. The first-order valence-corrected chi connectivity index (χ1v) is 6.91. The van der Waals surface area contributed by atoms with Crippen molar-refractivity contribution in [1.29, 1.82) is 0 Å². The fourth-order valence-electron chi connectivity index (χ4n) is 2.40. The van der Waals surface area contributed by atoms with Crippen LogP contribution in [0.1, 0.15) is 41.0 Å². The van der Waals surface area contributed by atoms with E-state index in [0.29, 0.717) is 11.5 Å². The Morgan fingerprint density at radius 3 is 2.53 bits per heavy atom. The summed E-state index contributed by atoms with van der Waals surface area (Å²) >= 11 is 0. The first-order valence-electron chi connectivity index (χ1n) is 6.91. The summed E-state index contributed by atoms with van der Waals surface area (Å²) in [7, 11) is 0. The SMILES string of the molecule is C=C(CNC(C)C)CN1CCC(C(C)(C)C)C1. The summed E-state index contributed by atoms with van der Waals surface area (Å²) < 4.78 is 0. The molecule has 0 aliphatic carbocycles. The minimum Gasteiger partial charge on any atom is -0.311 e. The molecule has 2 nitrogen and oxygen atoms in total. The molecule has 1 rings (SSSR count). The highest BCUT2D eigenvalue weighted by atomic mass is 15.1. The Kier molecular flexibility index (Phi) is 5.21. The average molecular weight is 238 g/mol. The van der Waals surface area contributed by atoms with Gasteiger partial charge in [0.2, 0.25) is 0 Å². The maximum absolute atomic E-state index is 4.17. The van der Waals surface area contributed by atoms with E-state index in [4.69, 9.17) is 0 Å². The van der Waals surface area contributed by atoms with Gasteiger partial charge in [0.15, 0.2) is 0 Å². The fourth-order valence-corrected chi connectivity index (χ4v) is 2.40. The first kappa shape index (κ1) is 14.7. The minimum absolute atomic E-state index is 0.451. The van der Waals surface area contributed by atoms with E-state index in [-0.39, 0.29) is 0 Å². The van der Waals surface area contributed by atoms with Crippen LogP contribution in [0.4, 0.5) is 0 Å². The molecule has 1 atom stereocenters. The third-order valence-corrected chi connectivity index (χ3v) is 3.70. The molecule has 0 bridgehead atoms. The minimum atomic E-state index is 0.451. The number of rotatable bonds is 5. The third kappa shape index (κ3) is 5.22. The molecule has 0 radical (unpaired) electrons. The fraction of sp³-hybridized carbons (Fsp3) is 0.867. The van der Waals surface area contributed by atoms with Crippen molar-refractivity contribution in [1.82, 2.24) is 10.2 Å². The second-order valence-electron chi connectivity index (χ2n) is 6.87.